The largest absolute Gasteiger partial charge is 0.397 e. The van der Waals surface area contributed by atoms with Gasteiger partial charge in [0.15, 0.2) is 0 Å². The Morgan fingerprint density at radius 3 is 2.47 bits per heavy atom. The standard InChI is InChI=1S/C14H9Br2N3/c15-10-1-2-13(16)11(7-10)14(18)12(8-17)9-3-5-19-6-4-9/h1-7H,18H2/b14-12-. The van der Waals surface area contributed by atoms with Crippen molar-refractivity contribution in [1.82, 2.24) is 4.98 Å². The molecule has 0 aliphatic carbocycles. The molecule has 0 aliphatic rings. The van der Waals surface area contributed by atoms with Gasteiger partial charge in [0.2, 0.25) is 0 Å². The van der Waals surface area contributed by atoms with Crippen LogP contribution in [0.1, 0.15) is 11.1 Å². The molecular formula is C14H9Br2N3. The van der Waals surface area contributed by atoms with Crippen molar-refractivity contribution in [3.63, 3.8) is 0 Å². The number of hydrogen-bond donors (Lipinski definition) is 1. The van der Waals surface area contributed by atoms with Gasteiger partial charge in [0.05, 0.1) is 11.3 Å². The maximum absolute atomic E-state index is 9.34. The predicted molar refractivity (Wildman–Crippen MR) is 82.7 cm³/mol. The van der Waals surface area contributed by atoms with Gasteiger partial charge in [0.1, 0.15) is 6.07 Å². The summed E-state index contributed by atoms with van der Waals surface area (Å²) in [6.45, 7) is 0. The number of nitrogens with zero attached hydrogens (tertiary/aromatic N) is 2. The van der Waals surface area contributed by atoms with Crippen LogP contribution in [0.4, 0.5) is 0 Å². The van der Waals surface area contributed by atoms with Crippen molar-refractivity contribution in [2.45, 2.75) is 0 Å². The third-order valence-electron chi connectivity index (χ3n) is 2.57. The van der Waals surface area contributed by atoms with Crippen molar-refractivity contribution in [2.75, 3.05) is 0 Å². The number of halogens is 2. The lowest BCUT2D eigenvalue weighted by Crippen LogP contribution is -2.01. The molecule has 0 unspecified atom stereocenters. The van der Waals surface area contributed by atoms with Crippen molar-refractivity contribution >= 4 is 43.1 Å². The summed E-state index contributed by atoms with van der Waals surface area (Å²) in [5, 5.41) is 9.34. The van der Waals surface area contributed by atoms with E-state index >= 15 is 0 Å². The van der Waals surface area contributed by atoms with Gasteiger partial charge >= 0.3 is 0 Å². The van der Waals surface area contributed by atoms with Gasteiger partial charge < -0.3 is 5.73 Å². The molecule has 0 saturated carbocycles. The Labute approximate surface area is 128 Å². The first-order valence-electron chi connectivity index (χ1n) is 5.39. The number of aromatic nitrogens is 1. The number of allylic oxidation sites excluding steroid dienone is 1. The van der Waals surface area contributed by atoms with Gasteiger partial charge in [-0.25, -0.2) is 0 Å². The van der Waals surface area contributed by atoms with Gasteiger partial charge in [0.25, 0.3) is 0 Å². The van der Waals surface area contributed by atoms with Crippen LogP contribution in [0.5, 0.6) is 0 Å². The zero-order chi connectivity index (χ0) is 13.8. The van der Waals surface area contributed by atoms with Crippen LogP contribution in [0.15, 0.2) is 51.7 Å². The molecule has 0 amide bonds. The molecule has 19 heavy (non-hydrogen) atoms. The van der Waals surface area contributed by atoms with E-state index in [1.807, 2.05) is 18.2 Å². The highest BCUT2D eigenvalue weighted by Gasteiger charge is 2.11. The molecule has 1 aromatic carbocycles. The molecule has 0 fully saturated rings. The molecule has 0 aliphatic heterocycles. The number of benzene rings is 1. The molecule has 2 N–H and O–H groups in total. The molecular weight excluding hydrogens is 370 g/mol. The van der Waals surface area contributed by atoms with Gasteiger partial charge in [-0.05, 0) is 35.9 Å². The molecule has 0 bridgehead atoms. The second kappa shape index (κ2) is 6.00. The zero-order valence-corrected chi connectivity index (χ0v) is 12.9. The smallest absolute Gasteiger partial charge is 0.102 e. The maximum Gasteiger partial charge on any atom is 0.102 e. The Hall–Kier alpha value is -1.64. The summed E-state index contributed by atoms with van der Waals surface area (Å²) in [5.41, 5.74) is 8.53. The number of nitrogens with two attached hydrogens (primary N) is 1. The third kappa shape index (κ3) is 3.03. The Morgan fingerprint density at radius 1 is 1.16 bits per heavy atom. The fourth-order valence-corrected chi connectivity index (χ4v) is 2.46. The van der Waals surface area contributed by atoms with Crippen LogP contribution in [0, 0.1) is 11.3 Å². The summed E-state index contributed by atoms with van der Waals surface area (Å²) in [4.78, 5) is 3.94. The summed E-state index contributed by atoms with van der Waals surface area (Å²) >= 11 is 6.84. The number of nitriles is 1. The maximum atomic E-state index is 9.34. The minimum atomic E-state index is 0.432. The molecule has 0 saturated heterocycles. The van der Waals surface area contributed by atoms with Crippen molar-refractivity contribution < 1.29 is 0 Å². The van der Waals surface area contributed by atoms with Gasteiger partial charge in [-0.15, -0.1) is 0 Å². The normalized spacial score (nSPS) is 11.6. The first-order valence-corrected chi connectivity index (χ1v) is 6.97. The van der Waals surface area contributed by atoms with E-state index in [1.165, 1.54) is 0 Å². The Kier molecular flexibility index (Phi) is 4.35. The lowest BCUT2D eigenvalue weighted by molar-refractivity contribution is 1.31. The summed E-state index contributed by atoms with van der Waals surface area (Å²) in [7, 11) is 0. The van der Waals surface area contributed by atoms with Crippen LogP contribution in [-0.2, 0) is 0 Å². The third-order valence-corrected chi connectivity index (χ3v) is 3.75. The number of rotatable bonds is 2. The quantitative estimate of drug-likeness (QED) is 0.804. The summed E-state index contributed by atoms with van der Waals surface area (Å²) < 4.78 is 1.75. The molecule has 3 nitrogen and oxygen atoms in total. The van der Waals surface area contributed by atoms with Gasteiger partial charge in [-0.1, -0.05) is 31.9 Å². The highest BCUT2D eigenvalue weighted by atomic mass is 79.9. The second-order valence-electron chi connectivity index (χ2n) is 3.76. The monoisotopic (exact) mass is 377 g/mol. The van der Waals surface area contributed by atoms with Crippen LogP contribution in [0.2, 0.25) is 0 Å². The second-order valence-corrected chi connectivity index (χ2v) is 5.53. The molecule has 0 atom stereocenters. The Morgan fingerprint density at radius 2 is 1.84 bits per heavy atom. The van der Waals surface area contributed by atoms with Crippen LogP contribution < -0.4 is 5.73 Å². The fourth-order valence-electron chi connectivity index (χ4n) is 1.64. The summed E-state index contributed by atoms with van der Waals surface area (Å²) in [6.07, 6.45) is 3.27. The first kappa shape index (κ1) is 13.8. The minimum Gasteiger partial charge on any atom is -0.397 e. The fraction of sp³-hybridized carbons (Fsp3) is 0. The molecule has 1 aromatic heterocycles. The van der Waals surface area contributed by atoms with Crippen LogP contribution >= 0.6 is 31.9 Å². The van der Waals surface area contributed by atoms with Crippen molar-refractivity contribution in [3.8, 4) is 6.07 Å². The van der Waals surface area contributed by atoms with E-state index in [0.29, 0.717) is 11.3 Å². The summed E-state index contributed by atoms with van der Waals surface area (Å²) in [5.74, 6) is 0. The lowest BCUT2D eigenvalue weighted by Gasteiger charge is -2.09. The molecule has 2 rings (SSSR count). The zero-order valence-electron chi connectivity index (χ0n) is 9.77. The molecule has 2 aromatic rings. The highest BCUT2D eigenvalue weighted by Crippen LogP contribution is 2.29. The average molecular weight is 379 g/mol. The van der Waals surface area contributed by atoms with Crippen molar-refractivity contribution in [3.05, 3.63) is 62.8 Å². The Balaban J connectivity index is 2.62. The van der Waals surface area contributed by atoms with Crippen LogP contribution in [-0.4, -0.2) is 4.98 Å². The van der Waals surface area contributed by atoms with E-state index in [-0.39, 0.29) is 0 Å². The molecule has 0 radical (unpaired) electrons. The van der Waals surface area contributed by atoms with E-state index in [4.69, 9.17) is 5.73 Å². The minimum absolute atomic E-state index is 0.432. The summed E-state index contributed by atoms with van der Waals surface area (Å²) in [6, 6.07) is 11.3. The van der Waals surface area contributed by atoms with Gasteiger partial charge in [-0.2, -0.15) is 5.26 Å². The first-order chi connectivity index (χ1) is 9.13. The van der Waals surface area contributed by atoms with E-state index in [9.17, 15) is 5.26 Å². The average Bonchev–Trinajstić information content (AvgIpc) is 2.43. The van der Waals surface area contributed by atoms with E-state index in [0.717, 1.165) is 20.1 Å². The molecule has 1 heterocycles. The van der Waals surface area contributed by atoms with Crippen LogP contribution in [0.25, 0.3) is 11.3 Å². The highest BCUT2D eigenvalue weighted by molar-refractivity contribution is 9.11. The van der Waals surface area contributed by atoms with Gasteiger partial charge in [0, 0.05) is 26.9 Å². The van der Waals surface area contributed by atoms with E-state index < -0.39 is 0 Å². The van der Waals surface area contributed by atoms with E-state index in [2.05, 4.69) is 42.9 Å². The topological polar surface area (TPSA) is 62.7 Å². The molecule has 5 heteroatoms. The van der Waals surface area contributed by atoms with E-state index in [1.54, 1.807) is 24.5 Å². The van der Waals surface area contributed by atoms with Crippen molar-refractivity contribution in [1.29, 1.82) is 5.26 Å². The molecule has 0 spiro atoms. The van der Waals surface area contributed by atoms with Gasteiger partial charge in [-0.3, -0.25) is 4.98 Å². The predicted octanol–water partition coefficient (Wildman–Crippen LogP) is 3.96. The number of pyridine rings is 1. The SMILES string of the molecule is N#C/C(=C(/N)c1cc(Br)ccc1Br)c1ccncc1. The van der Waals surface area contributed by atoms with Crippen LogP contribution in [0.3, 0.4) is 0 Å². The van der Waals surface area contributed by atoms with Crippen molar-refractivity contribution in [2.24, 2.45) is 5.73 Å². The Bertz CT molecular complexity index is 673. The molecule has 94 valence electrons. The number of hydrogen-bond acceptors (Lipinski definition) is 3. The lowest BCUT2D eigenvalue weighted by atomic mass is 10.0.